The van der Waals surface area contributed by atoms with Gasteiger partial charge in [-0.05, 0) is 196 Å². The number of carbonyl (C=O) groups excluding carboxylic acids is 18. The van der Waals surface area contributed by atoms with Crippen LogP contribution < -0.4 is 107 Å². The predicted molar refractivity (Wildman–Crippen MR) is 526 cm³/mol. The smallest absolute Gasteiger partial charge is 0.251 e. The number of primary amides is 1. The van der Waals surface area contributed by atoms with Gasteiger partial charge >= 0.3 is 0 Å². The second-order valence-corrected chi connectivity index (χ2v) is 34.0. The van der Waals surface area contributed by atoms with Crippen LogP contribution in [-0.4, -0.2) is 271 Å². The number of phenolic OH excluding ortho intramolecular Hbond substituents is 1. The van der Waals surface area contributed by atoms with E-state index in [0.29, 0.717) is 66.3 Å². The van der Waals surface area contributed by atoms with Crippen molar-refractivity contribution in [2.24, 2.45) is 5.73 Å². The van der Waals surface area contributed by atoms with E-state index >= 15 is 9.59 Å². The number of benzene rings is 3. The van der Waals surface area contributed by atoms with Gasteiger partial charge in [0.1, 0.15) is 112 Å². The Hall–Kier alpha value is -10.4. The molecule has 2 aromatic carbocycles. The van der Waals surface area contributed by atoms with Crippen molar-refractivity contribution in [2.75, 3.05) is 111 Å². The molecule has 758 valence electrons. The van der Waals surface area contributed by atoms with Gasteiger partial charge in [0.15, 0.2) is 5.43 Å². The number of nitrogens with two attached hydrogens (primary N) is 1. The Morgan fingerprint density at radius 2 is 0.620 bits per heavy atom. The summed E-state index contributed by atoms with van der Waals surface area (Å²) in [5.74, 6) is -15.3. The van der Waals surface area contributed by atoms with Gasteiger partial charge in [0, 0.05) is 105 Å². The van der Waals surface area contributed by atoms with Gasteiger partial charge < -0.3 is 111 Å². The molecule has 0 radical (unpaired) electrons. The standard InChI is InChI=1S/C88H123Cl8N19O21S/c89-44-71(119)98-32-9-1-17-60(108-75(123)48-93)81(128)103-37-14-6-19-62(112-85(132)64(110-77(125)50-95)21-3-11-34-100-73(121)46-91)83(130)105-39-16-8-23-66(115-88(135)67(114-86(133)65(111-78(126)51-96)22-4-12-35-101-74(122)47-92)24-7-15-38-104-82(129)61(109-76(124)49-94)18-2-10-33-99-72(120)45-90)87(134)113-63(84(131)106-40-31-70(97)118)20-5-13-36-102-80(127)59-41-53(107-52-137)25-28-56(59)79-57-29-26-54(116)42-68(57)136-69-43-55(117)27-30-58(69)79/h25-30,41-43,52,60-67,116H,1-24,31-40,44-51H2,(H2,97,118)(H,98,119)(H,99,120)(H,100,121)(H,101,122)(H,102,127)(H,103,128)(H,104,129)(H,105,130)(H,106,131)(H,107,137)(H,108,123)(H,109,124)(H,110,125)(H,111,126)(H,112,132)(H,113,134)(H,114,133)(H,115,135)/t60-,61-,62-,63-,64-,65-,66-,67-/m0/s1. The average Bonchev–Trinajstić information content (AvgIpc) is 0.745. The Morgan fingerprint density at radius 3 is 0.942 bits per heavy atom. The van der Waals surface area contributed by atoms with E-state index in [1.807, 2.05) is 0 Å². The molecular weight excluding hydrogens is 1970 g/mol. The van der Waals surface area contributed by atoms with Crippen LogP contribution in [0.1, 0.15) is 171 Å². The Morgan fingerprint density at radius 1 is 0.328 bits per heavy atom. The Labute approximate surface area is 838 Å². The molecule has 40 nitrogen and oxygen atoms in total. The number of nitrogens with one attached hydrogen (secondary N) is 18. The molecular formula is C88H123Cl8N19O21S. The summed E-state index contributed by atoms with van der Waals surface area (Å²) in [6, 6.07) is 2.78. The van der Waals surface area contributed by atoms with Gasteiger partial charge in [-0.15, -0.1) is 92.8 Å². The van der Waals surface area contributed by atoms with Crippen molar-refractivity contribution in [1.29, 1.82) is 0 Å². The minimum atomic E-state index is -1.63. The number of phenols is 1. The van der Waals surface area contributed by atoms with Gasteiger partial charge in [0.2, 0.25) is 100 Å². The molecule has 0 saturated carbocycles. The number of halogens is 8. The first-order valence-electron chi connectivity index (χ1n) is 44.9. The third-order valence-electron chi connectivity index (χ3n) is 21.0. The molecule has 21 N–H and O–H groups in total. The van der Waals surface area contributed by atoms with Crippen LogP contribution in [0.25, 0.3) is 33.4 Å². The lowest BCUT2D eigenvalue weighted by atomic mass is 9.90. The summed E-state index contributed by atoms with van der Waals surface area (Å²) in [6.45, 7) is 0.239. The molecule has 137 heavy (non-hydrogen) atoms. The van der Waals surface area contributed by atoms with Crippen LogP contribution in [-0.2, 0) is 81.5 Å². The molecule has 1 heterocycles. The fraction of sp³-hybridized carbons (Fsp3) is 0.568. The van der Waals surface area contributed by atoms with Crippen molar-refractivity contribution in [3.05, 3.63) is 70.4 Å². The van der Waals surface area contributed by atoms with Crippen LogP contribution >= 0.6 is 105 Å². The molecule has 0 saturated heterocycles. The van der Waals surface area contributed by atoms with Gasteiger partial charge in [0.25, 0.3) is 5.91 Å². The van der Waals surface area contributed by atoms with E-state index in [0.717, 1.165) is 0 Å². The number of amides is 18. The second kappa shape index (κ2) is 68.6. The maximum Gasteiger partial charge on any atom is 0.251 e. The zero-order chi connectivity index (χ0) is 101. The number of fused-ring (bicyclic) bond motifs is 2. The highest BCUT2D eigenvalue weighted by Crippen LogP contribution is 2.42. The number of anilines is 1. The monoisotopic (exact) mass is 2090 g/mol. The lowest BCUT2D eigenvalue weighted by Crippen LogP contribution is -2.58. The molecule has 2 aliphatic rings. The van der Waals surface area contributed by atoms with Crippen molar-refractivity contribution < 1.29 is 95.8 Å². The van der Waals surface area contributed by atoms with E-state index in [1.54, 1.807) is 30.3 Å². The fourth-order valence-electron chi connectivity index (χ4n) is 14.1. The number of aromatic hydroxyl groups is 1. The molecule has 0 spiro atoms. The Kier molecular flexibility index (Phi) is 59.5. The van der Waals surface area contributed by atoms with Crippen molar-refractivity contribution in [3.8, 4) is 28.2 Å². The predicted octanol–water partition coefficient (Wildman–Crippen LogP) is 3.33. The third-order valence-corrected chi connectivity index (χ3v) is 23.1. The number of hydrogen-bond donors (Lipinski definition) is 20. The largest absolute Gasteiger partial charge is 0.508 e. The Balaban J connectivity index is 1.77. The highest BCUT2D eigenvalue weighted by atomic mass is 35.5. The molecule has 0 fully saturated rings. The number of thiocarbonyl (C=S) groups is 1. The SMILES string of the molecule is NC(=O)CCNC(=O)[C@H](CCCCNC(=O)c1cc(NC=S)ccc1-c1c2ccc(=O)cc-2oc2cc(O)ccc12)NC(=O)[C@H](CCCCNC(=O)[C@H](CCCCNC(=O)[C@H](CCCCNC(=O)CCl)NC(=O)CCl)NC(=O)[C@H](CCCCNC(=O)CCl)NC(=O)CCl)NC(=O)[C@H](CCCCNC(=O)[C@H](CCCCNC(=O)CCl)NC(=O)CCl)NC(=O)[C@H](CCCCNC(=O)CCl)NC(=O)CCl. The first-order chi connectivity index (χ1) is 65.8. The van der Waals surface area contributed by atoms with E-state index < -0.39 is 172 Å². The summed E-state index contributed by atoms with van der Waals surface area (Å²) in [5.41, 5.74) is 8.44. The zero-order valence-corrected chi connectivity index (χ0v) is 82.6. The van der Waals surface area contributed by atoms with Crippen LogP contribution in [0.5, 0.6) is 5.75 Å². The summed E-state index contributed by atoms with van der Waals surface area (Å²) in [7, 11) is 0. The molecule has 2 aromatic rings. The first-order valence-corrected chi connectivity index (χ1v) is 49.7. The van der Waals surface area contributed by atoms with E-state index in [1.165, 1.54) is 29.8 Å². The molecule has 1 aliphatic carbocycles. The van der Waals surface area contributed by atoms with Gasteiger partial charge in [-0.3, -0.25) is 91.1 Å². The molecule has 1 aliphatic heterocycles. The van der Waals surface area contributed by atoms with Crippen molar-refractivity contribution in [3.63, 3.8) is 0 Å². The highest BCUT2D eigenvalue weighted by molar-refractivity contribution is 7.79. The molecule has 0 unspecified atom stereocenters. The average molecular weight is 2100 g/mol. The summed E-state index contributed by atoms with van der Waals surface area (Å²) in [5, 5.41) is 59.4. The Bertz CT molecular complexity index is 4710. The van der Waals surface area contributed by atoms with Crippen LogP contribution in [0.15, 0.2) is 63.8 Å². The van der Waals surface area contributed by atoms with Crippen molar-refractivity contribution in [2.45, 2.75) is 209 Å². The summed E-state index contributed by atoms with van der Waals surface area (Å²) in [6.07, 6.45) is 2.64. The van der Waals surface area contributed by atoms with Gasteiger partial charge in [-0.2, -0.15) is 0 Å². The summed E-state index contributed by atoms with van der Waals surface area (Å²) < 4.78 is 6.08. The second-order valence-electron chi connectivity index (χ2n) is 31.6. The first kappa shape index (κ1) is 119. The molecule has 0 aromatic heterocycles. The van der Waals surface area contributed by atoms with Crippen molar-refractivity contribution in [1.82, 2.24) is 90.4 Å². The molecule has 49 heteroatoms. The maximum atomic E-state index is 15.3. The lowest BCUT2D eigenvalue weighted by molar-refractivity contribution is -0.134. The third kappa shape index (κ3) is 47.2. The number of hydrogen-bond acceptors (Lipinski definition) is 22. The minimum absolute atomic E-state index is 0.0140. The van der Waals surface area contributed by atoms with Crippen molar-refractivity contribution >= 4 is 234 Å². The quantitative estimate of drug-likeness (QED) is 0.0130. The number of carbonyl (C=O) groups is 18. The van der Waals surface area contributed by atoms with E-state index in [2.05, 4.69) is 95.7 Å². The highest BCUT2D eigenvalue weighted by Gasteiger charge is 2.34. The molecule has 8 atom stereocenters. The van der Waals surface area contributed by atoms with Crippen LogP contribution in [0.3, 0.4) is 0 Å². The van der Waals surface area contributed by atoms with Gasteiger partial charge in [-0.25, -0.2) is 0 Å². The minimum Gasteiger partial charge on any atom is -0.508 e. The van der Waals surface area contributed by atoms with E-state index in [9.17, 15) is 86.6 Å². The molecule has 0 bridgehead atoms. The topological polar surface area (TPSA) is 600 Å². The summed E-state index contributed by atoms with van der Waals surface area (Å²) >= 11 is 51.0. The zero-order valence-electron chi connectivity index (χ0n) is 75.7. The maximum absolute atomic E-state index is 15.3. The lowest BCUT2D eigenvalue weighted by Gasteiger charge is -2.27. The normalized spacial score (nSPS) is 12.7. The number of alkyl halides is 8. The summed E-state index contributed by atoms with van der Waals surface area (Å²) in [4.78, 5) is 253. The van der Waals surface area contributed by atoms with E-state index in [4.69, 9.17) is 115 Å². The van der Waals surface area contributed by atoms with Crippen LogP contribution in [0.2, 0.25) is 0 Å². The van der Waals surface area contributed by atoms with Crippen LogP contribution in [0, 0.1) is 0 Å². The number of rotatable bonds is 71. The van der Waals surface area contributed by atoms with E-state index in [-0.39, 0.29) is 238 Å². The van der Waals surface area contributed by atoms with Gasteiger partial charge in [-0.1, -0.05) is 18.3 Å². The fourth-order valence-corrected chi connectivity index (χ4v) is 14.9. The van der Waals surface area contributed by atoms with Crippen LogP contribution in [0.4, 0.5) is 5.69 Å². The molecule has 4 rings (SSSR count). The molecule has 18 amide bonds. The van der Waals surface area contributed by atoms with Gasteiger partial charge in [0.05, 0.1) is 5.49 Å². The number of unbranched alkanes of at least 4 members (excludes halogenated alkanes) is 8.